The SMILES string of the molecule is Fc1ccc2c(c1)COc1ncccc1C2=CBr. The number of hydrogen-bond donors (Lipinski definition) is 0. The first-order valence-electron chi connectivity index (χ1n) is 5.47. The van der Waals surface area contributed by atoms with Crippen molar-refractivity contribution in [3.8, 4) is 5.88 Å². The number of pyridine rings is 1. The zero-order chi connectivity index (χ0) is 12.5. The van der Waals surface area contributed by atoms with Crippen molar-refractivity contribution in [2.75, 3.05) is 0 Å². The van der Waals surface area contributed by atoms with Gasteiger partial charge in [-0.15, -0.1) is 0 Å². The molecule has 0 saturated heterocycles. The number of fused-ring (bicyclic) bond motifs is 2. The number of nitrogens with zero attached hydrogens (tertiary/aromatic N) is 1. The Morgan fingerprint density at radius 1 is 1.28 bits per heavy atom. The minimum absolute atomic E-state index is 0.259. The van der Waals surface area contributed by atoms with Crippen LogP contribution >= 0.6 is 15.9 Å². The molecule has 3 rings (SSSR count). The summed E-state index contributed by atoms with van der Waals surface area (Å²) in [4.78, 5) is 6.02. The van der Waals surface area contributed by atoms with Gasteiger partial charge in [0.2, 0.25) is 5.88 Å². The van der Waals surface area contributed by atoms with Gasteiger partial charge in [-0.05, 0) is 34.8 Å². The third kappa shape index (κ3) is 1.82. The summed E-state index contributed by atoms with van der Waals surface area (Å²) >= 11 is 3.36. The lowest BCUT2D eigenvalue weighted by Gasteiger charge is -2.07. The van der Waals surface area contributed by atoms with Crippen LogP contribution in [0.4, 0.5) is 4.39 Å². The van der Waals surface area contributed by atoms with Crippen molar-refractivity contribution < 1.29 is 9.13 Å². The highest BCUT2D eigenvalue weighted by molar-refractivity contribution is 9.11. The Hall–Kier alpha value is -1.68. The minimum atomic E-state index is -0.259. The molecule has 0 aliphatic carbocycles. The van der Waals surface area contributed by atoms with Crippen molar-refractivity contribution in [1.29, 1.82) is 0 Å². The van der Waals surface area contributed by atoms with E-state index in [1.54, 1.807) is 12.3 Å². The number of ether oxygens (including phenoxy) is 1. The molecule has 2 heterocycles. The fourth-order valence-electron chi connectivity index (χ4n) is 2.06. The van der Waals surface area contributed by atoms with Crippen LogP contribution in [0.3, 0.4) is 0 Å². The summed E-state index contributed by atoms with van der Waals surface area (Å²) in [6.45, 7) is 0.321. The maximum absolute atomic E-state index is 13.3. The Labute approximate surface area is 112 Å². The lowest BCUT2D eigenvalue weighted by Crippen LogP contribution is -1.97. The molecule has 1 aromatic carbocycles. The van der Waals surface area contributed by atoms with E-state index in [4.69, 9.17) is 4.74 Å². The molecule has 1 aliphatic heterocycles. The molecule has 0 N–H and O–H groups in total. The molecule has 2 aromatic rings. The molecular formula is C14H9BrFNO. The van der Waals surface area contributed by atoms with E-state index in [1.807, 2.05) is 17.1 Å². The van der Waals surface area contributed by atoms with Gasteiger partial charge >= 0.3 is 0 Å². The monoisotopic (exact) mass is 305 g/mol. The van der Waals surface area contributed by atoms with Crippen LogP contribution in [-0.2, 0) is 6.61 Å². The second-order valence-electron chi connectivity index (χ2n) is 3.97. The molecular weight excluding hydrogens is 297 g/mol. The van der Waals surface area contributed by atoms with Crippen molar-refractivity contribution in [3.05, 3.63) is 64.0 Å². The summed E-state index contributed by atoms with van der Waals surface area (Å²) in [5.74, 6) is 0.310. The average Bonchev–Trinajstić information content (AvgIpc) is 2.55. The Kier molecular flexibility index (Phi) is 2.88. The van der Waals surface area contributed by atoms with E-state index in [9.17, 15) is 4.39 Å². The van der Waals surface area contributed by atoms with Crippen LogP contribution in [-0.4, -0.2) is 4.98 Å². The van der Waals surface area contributed by atoms with Gasteiger partial charge < -0.3 is 4.74 Å². The van der Waals surface area contributed by atoms with E-state index in [2.05, 4.69) is 20.9 Å². The van der Waals surface area contributed by atoms with Crippen LogP contribution in [0, 0.1) is 5.82 Å². The maximum Gasteiger partial charge on any atom is 0.221 e. The van der Waals surface area contributed by atoms with E-state index in [0.29, 0.717) is 12.5 Å². The molecule has 0 unspecified atom stereocenters. The van der Waals surface area contributed by atoms with Gasteiger partial charge in [-0.1, -0.05) is 22.0 Å². The molecule has 0 saturated carbocycles. The molecule has 0 bridgehead atoms. The van der Waals surface area contributed by atoms with Crippen LogP contribution in [0.15, 0.2) is 41.5 Å². The quantitative estimate of drug-likeness (QED) is 0.736. The van der Waals surface area contributed by atoms with Crippen molar-refractivity contribution in [3.63, 3.8) is 0 Å². The second kappa shape index (κ2) is 4.53. The third-order valence-corrected chi connectivity index (χ3v) is 3.35. The smallest absolute Gasteiger partial charge is 0.221 e. The van der Waals surface area contributed by atoms with Gasteiger partial charge in [0.1, 0.15) is 12.4 Å². The topological polar surface area (TPSA) is 22.1 Å². The van der Waals surface area contributed by atoms with Gasteiger partial charge in [0.05, 0.1) is 0 Å². The molecule has 2 nitrogen and oxygen atoms in total. The van der Waals surface area contributed by atoms with Crippen LogP contribution in [0.1, 0.15) is 16.7 Å². The highest BCUT2D eigenvalue weighted by atomic mass is 79.9. The summed E-state index contributed by atoms with van der Waals surface area (Å²) < 4.78 is 18.9. The number of halogens is 2. The first-order valence-corrected chi connectivity index (χ1v) is 6.38. The average molecular weight is 306 g/mol. The van der Waals surface area contributed by atoms with Gasteiger partial charge in [-0.3, -0.25) is 0 Å². The molecule has 0 spiro atoms. The fraction of sp³-hybridized carbons (Fsp3) is 0.0714. The van der Waals surface area contributed by atoms with Crippen LogP contribution in [0.5, 0.6) is 5.88 Å². The van der Waals surface area contributed by atoms with Gasteiger partial charge in [-0.2, -0.15) is 0 Å². The number of rotatable bonds is 0. The molecule has 1 aliphatic rings. The normalized spacial score (nSPS) is 15.6. The first-order chi connectivity index (χ1) is 8.79. The van der Waals surface area contributed by atoms with E-state index in [-0.39, 0.29) is 5.82 Å². The van der Waals surface area contributed by atoms with Gasteiger partial charge in [0.25, 0.3) is 0 Å². The van der Waals surface area contributed by atoms with Crippen LogP contribution < -0.4 is 4.74 Å². The Morgan fingerprint density at radius 3 is 3.00 bits per heavy atom. The molecule has 0 atom stereocenters. The Morgan fingerprint density at radius 2 is 2.17 bits per heavy atom. The number of hydrogen-bond acceptors (Lipinski definition) is 2. The third-order valence-electron chi connectivity index (χ3n) is 2.89. The van der Waals surface area contributed by atoms with E-state index in [1.165, 1.54) is 12.1 Å². The van der Waals surface area contributed by atoms with E-state index >= 15 is 0 Å². The zero-order valence-electron chi connectivity index (χ0n) is 9.36. The minimum Gasteiger partial charge on any atom is -0.472 e. The lowest BCUT2D eigenvalue weighted by molar-refractivity contribution is 0.294. The first kappa shape index (κ1) is 11.4. The van der Waals surface area contributed by atoms with Gasteiger partial charge in [-0.25, -0.2) is 9.37 Å². The zero-order valence-corrected chi connectivity index (χ0v) is 10.9. The fourth-order valence-corrected chi connectivity index (χ4v) is 2.56. The Bertz CT molecular complexity index is 639. The van der Waals surface area contributed by atoms with Crippen molar-refractivity contribution in [1.82, 2.24) is 4.98 Å². The summed E-state index contributed by atoms with van der Waals surface area (Å²) in [6, 6.07) is 8.51. The predicted octanol–water partition coefficient (Wildman–Crippen LogP) is 3.90. The molecule has 0 fully saturated rings. The van der Waals surface area contributed by atoms with Crippen molar-refractivity contribution >= 4 is 21.5 Å². The second-order valence-corrected chi connectivity index (χ2v) is 4.43. The Balaban J connectivity index is 2.25. The van der Waals surface area contributed by atoms with Crippen LogP contribution in [0.2, 0.25) is 0 Å². The molecule has 0 radical (unpaired) electrons. The van der Waals surface area contributed by atoms with E-state index in [0.717, 1.165) is 22.3 Å². The summed E-state index contributed by atoms with van der Waals surface area (Å²) in [6.07, 6.45) is 1.68. The molecule has 4 heteroatoms. The standard InChI is InChI=1S/C14H9BrFNO/c15-7-13-11-4-3-10(16)6-9(11)8-18-14-12(13)2-1-5-17-14/h1-7H,8H2. The largest absolute Gasteiger partial charge is 0.472 e. The summed E-state index contributed by atoms with van der Waals surface area (Å²) in [5, 5.41) is 0. The van der Waals surface area contributed by atoms with Gasteiger partial charge in [0.15, 0.2) is 0 Å². The maximum atomic E-state index is 13.3. The molecule has 90 valence electrons. The summed E-state index contributed by atoms with van der Waals surface area (Å²) in [7, 11) is 0. The lowest BCUT2D eigenvalue weighted by atomic mass is 9.97. The van der Waals surface area contributed by atoms with Crippen molar-refractivity contribution in [2.45, 2.75) is 6.61 Å². The summed E-state index contributed by atoms with van der Waals surface area (Å²) in [5.41, 5.74) is 3.63. The molecule has 0 amide bonds. The molecule has 18 heavy (non-hydrogen) atoms. The van der Waals surface area contributed by atoms with Crippen molar-refractivity contribution in [2.24, 2.45) is 0 Å². The number of benzene rings is 1. The highest BCUT2D eigenvalue weighted by Gasteiger charge is 2.19. The molecule has 1 aromatic heterocycles. The van der Waals surface area contributed by atoms with E-state index < -0.39 is 0 Å². The highest BCUT2D eigenvalue weighted by Crippen LogP contribution is 2.36. The van der Waals surface area contributed by atoms with Crippen LogP contribution in [0.25, 0.3) is 5.57 Å². The number of aromatic nitrogens is 1. The van der Waals surface area contributed by atoms with Gasteiger partial charge in [0, 0.05) is 22.9 Å². The predicted molar refractivity (Wildman–Crippen MR) is 71.0 cm³/mol.